The molecule has 1 N–H and O–H groups in total. The maximum Gasteiger partial charge on any atom is 0.310 e. The van der Waals surface area contributed by atoms with E-state index < -0.39 is 10.8 Å². The molecule has 1 aromatic heterocycles. The quantitative estimate of drug-likeness (QED) is 0.570. The molecule has 1 amide bonds. The molecule has 0 unspecified atom stereocenters. The zero-order chi connectivity index (χ0) is 17.1. The Labute approximate surface area is 136 Å². The zero-order valence-corrected chi connectivity index (χ0v) is 12.7. The smallest absolute Gasteiger partial charge is 0.310 e. The first-order valence-electron chi connectivity index (χ1n) is 7.06. The van der Waals surface area contributed by atoms with Crippen LogP contribution < -0.4 is 10.1 Å². The minimum atomic E-state index is -0.561. The second kappa shape index (κ2) is 6.37. The molecule has 8 heteroatoms. The molecule has 8 nitrogen and oxygen atoms in total. The number of ether oxygens (including phenoxy) is 1. The fraction of sp³-hybridized carbons (Fsp3) is 0.125. The summed E-state index contributed by atoms with van der Waals surface area (Å²) < 4.78 is 10.6. The van der Waals surface area contributed by atoms with Gasteiger partial charge < -0.3 is 14.5 Å². The van der Waals surface area contributed by atoms with Gasteiger partial charge in [0, 0.05) is 18.7 Å². The van der Waals surface area contributed by atoms with Crippen LogP contribution >= 0.6 is 0 Å². The second-order valence-corrected chi connectivity index (χ2v) is 4.98. The summed E-state index contributed by atoms with van der Waals surface area (Å²) in [7, 11) is 0. The fourth-order valence-electron chi connectivity index (χ4n) is 2.19. The van der Waals surface area contributed by atoms with E-state index in [0.717, 1.165) is 0 Å². The Kier molecular flexibility index (Phi) is 4.11. The molecule has 24 heavy (non-hydrogen) atoms. The molecule has 0 bridgehead atoms. The van der Waals surface area contributed by atoms with Crippen molar-refractivity contribution >= 4 is 28.4 Å². The molecular formula is C16H13N3O5. The maximum absolute atomic E-state index is 12.0. The average Bonchev–Trinajstić information content (AvgIpc) is 2.92. The van der Waals surface area contributed by atoms with Crippen LogP contribution in [-0.4, -0.2) is 22.4 Å². The van der Waals surface area contributed by atoms with Crippen molar-refractivity contribution < 1.29 is 18.9 Å². The lowest BCUT2D eigenvalue weighted by Gasteiger charge is -2.07. The van der Waals surface area contributed by atoms with Crippen LogP contribution in [0.4, 0.5) is 11.4 Å². The molecule has 0 saturated carbocycles. The summed E-state index contributed by atoms with van der Waals surface area (Å²) in [6.07, 6.45) is 0. The van der Waals surface area contributed by atoms with Crippen molar-refractivity contribution in [2.75, 3.05) is 11.9 Å². The van der Waals surface area contributed by atoms with Crippen LogP contribution in [0.5, 0.6) is 5.75 Å². The highest BCUT2D eigenvalue weighted by molar-refractivity contribution is 5.93. The van der Waals surface area contributed by atoms with Gasteiger partial charge in [-0.05, 0) is 24.3 Å². The van der Waals surface area contributed by atoms with Crippen LogP contribution in [0.1, 0.15) is 5.89 Å². The number of nitrogens with one attached hydrogen (secondary N) is 1. The first kappa shape index (κ1) is 15.5. The number of aromatic nitrogens is 1. The number of carbonyl (C=O) groups is 1. The third kappa shape index (κ3) is 3.32. The normalized spacial score (nSPS) is 10.5. The van der Waals surface area contributed by atoms with Gasteiger partial charge in [-0.2, -0.15) is 0 Å². The first-order valence-corrected chi connectivity index (χ1v) is 7.06. The molecule has 1 heterocycles. The molecular weight excluding hydrogens is 314 g/mol. The SMILES string of the molecule is Cc1nc2cc(NC(=O)COc3ccccc3[N+](=O)[O-])ccc2o1. The molecule has 0 spiro atoms. The number of para-hydroxylation sites is 2. The molecule has 0 radical (unpaired) electrons. The van der Waals surface area contributed by atoms with Crippen molar-refractivity contribution in [2.24, 2.45) is 0 Å². The number of fused-ring (bicyclic) bond motifs is 1. The lowest BCUT2D eigenvalue weighted by atomic mass is 10.3. The van der Waals surface area contributed by atoms with E-state index in [0.29, 0.717) is 22.7 Å². The van der Waals surface area contributed by atoms with Crippen molar-refractivity contribution in [3.8, 4) is 5.75 Å². The minimum absolute atomic E-state index is 0.0419. The first-order chi connectivity index (χ1) is 11.5. The molecule has 0 aliphatic carbocycles. The monoisotopic (exact) mass is 327 g/mol. The highest BCUT2D eigenvalue weighted by Crippen LogP contribution is 2.25. The van der Waals surface area contributed by atoms with Crippen molar-refractivity contribution in [2.45, 2.75) is 6.92 Å². The van der Waals surface area contributed by atoms with Gasteiger partial charge in [0.25, 0.3) is 5.91 Å². The van der Waals surface area contributed by atoms with Crippen molar-refractivity contribution in [3.63, 3.8) is 0 Å². The third-order valence-corrected chi connectivity index (χ3v) is 3.20. The van der Waals surface area contributed by atoms with Crippen molar-refractivity contribution in [1.82, 2.24) is 4.98 Å². The number of hydrogen-bond donors (Lipinski definition) is 1. The van der Waals surface area contributed by atoms with Gasteiger partial charge >= 0.3 is 5.69 Å². The summed E-state index contributed by atoms with van der Waals surface area (Å²) in [5.41, 5.74) is 1.60. The predicted molar refractivity (Wildman–Crippen MR) is 86.0 cm³/mol. The van der Waals surface area contributed by atoms with E-state index in [1.165, 1.54) is 18.2 Å². The molecule has 0 aliphatic heterocycles. The van der Waals surface area contributed by atoms with E-state index in [9.17, 15) is 14.9 Å². The Balaban J connectivity index is 1.66. The van der Waals surface area contributed by atoms with E-state index >= 15 is 0 Å². The van der Waals surface area contributed by atoms with E-state index in [4.69, 9.17) is 9.15 Å². The Morgan fingerprint density at radius 1 is 1.33 bits per heavy atom. The fourth-order valence-corrected chi connectivity index (χ4v) is 2.19. The number of nitro benzene ring substituents is 1. The topological polar surface area (TPSA) is 108 Å². The Morgan fingerprint density at radius 3 is 2.92 bits per heavy atom. The van der Waals surface area contributed by atoms with Gasteiger partial charge in [-0.1, -0.05) is 12.1 Å². The number of aryl methyl sites for hydroxylation is 1. The predicted octanol–water partition coefficient (Wildman–Crippen LogP) is 3.06. The van der Waals surface area contributed by atoms with Crippen molar-refractivity contribution in [3.05, 3.63) is 58.5 Å². The van der Waals surface area contributed by atoms with Gasteiger partial charge in [0.1, 0.15) is 5.52 Å². The van der Waals surface area contributed by atoms with Gasteiger partial charge in [-0.15, -0.1) is 0 Å². The number of amides is 1. The Morgan fingerprint density at radius 2 is 2.12 bits per heavy atom. The van der Waals surface area contributed by atoms with Crippen molar-refractivity contribution in [1.29, 1.82) is 0 Å². The lowest BCUT2D eigenvalue weighted by molar-refractivity contribution is -0.385. The van der Waals surface area contributed by atoms with Crippen LogP contribution in [0.25, 0.3) is 11.1 Å². The molecule has 0 fully saturated rings. The lowest BCUT2D eigenvalue weighted by Crippen LogP contribution is -2.20. The van der Waals surface area contributed by atoms with E-state index in [-0.39, 0.29) is 18.0 Å². The van der Waals surface area contributed by atoms with Gasteiger partial charge in [0.2, 0.25) is 0 Å². The van der Waals surface area contributed by atoms with Gasteiger partial charge in [0.05, 0.1) is 4.92 Å². The van der Waals surface area contributed by atoms with E-state index in [1.54, 1.807) is 31.2 Å². The standard InChI is InChI=1S/C16H13N3O5/c1-10-17-12-8-11(6-7-14(12)24-10)18-16(20)9-23-15-5-3-2-4-13(15)19(21)22/h2-8H,9H2,1H3,(H,18,20). The van der Waals surface area contributed by atoms with Crippen LogP contribution in [0, 0.1) is 17.0 Å². The zero-order valence-electron chi connectivity index (χ0n) is 12.7. The number of nitrogens with zero attached hydrogens (tertiary/aromatic N) is 2. The summed E-state index contributed by atoms with van der Waals surface area (Å²) in [6, 6.07) is 10.9. The molecule has 0 aliphatic rings. The van der Waals surface area contributed by atoms with Crippen LogP contribution in [0.2, 0.25) is 0 Å². The van der Waals surface area contributed by atoms with E-state index in [1.807, 2.05) is 0 Å². The Hall–Kier alpha value is -3.42. The molecule has 0 saturated heterocycles. The summed E-state index contributed by atoms with van der Waals surface area (Å²) in [4.78, 5) is 26.5. The van der Waals surface area contributed by atoms with E-state index in [2.05, 4.69) is 10.3 Å². The summed E-state index contributed by atoms with van der Waals surface area (Å²) in [5.74, 6) is 0.140. The van der Waals surface area contributed by atoms with Gasteiger partial charge in [-0.3, -0.25) is 14.9 Å². The minimum Gasteiger partial charge on any atom is -0.477 e. The van der Waals surface area contributed by atoms with Gasteiger partial charge in [-0.25, -0.2) is 4.98 Å². The number of nitro groups is 1. The van der Waals surface area contributed by atoms with Crippen LogP contribution in [0.3, 0.4) is 0 Å². The average molecular weight is 327 g/mol. The third-order valence-electron chi connectivity index (χ3n) is 3.20. The molecule has 3 rings (SSSR count). The highest BCUT2D eigenvalue weighted by Gasteiger charge is 2.15. The summed E-state index contributed by atoms with van der Waals surface area (Å²) in [6.45, 7) is 1.39. The largest absolute Gasteiger partial charge is 0.477 e. The molecule has 2 aromatic carbocycles. The molecule has 122 valence electrons. The number of rotatable bonds is 5. The number of carbonyl (C=O) groups excluding carboxylic acids is 1. The highest BCUT2D eigenvalue weighted by atomic mass is 16.6. The number of hydrogen-bond acceptors (Lipinski definition) is 6. The molecule has 0 atom stereocenters. The summed E-state index contributed by atoms with van der Waals surface area (Å²) >= 11 is 0. The van der Waals surface area contributed by atoms with Gasteiger partial charge in [0.15, 0.2) is 23.8 Å². The van der Waals surface area contributed by atoms with Crippen LogP contribution in [-0.2, 0) is 4.79 Å². The number of oxazole rings is 1. The molecule has 3 aromatic rings. The number of anilines is 1. The second-order valence-electron chi connectivity index (χ2n) is 4.98. The summed E-state index contributed by atoms with van der Waals surface area (Å²) in [5, 5.41) is 13.5. The Bertz CT molecular complexity index is 919. The maximum atomic E-state index is 12.0. The van der Waals surface area contributed by atoms with Crippen LogP contribution in [0.15, 0.2) is 46.9 Å². The number of benzene rings is 2.